The summed E-state index contributed by atoms with van der Waals surface area (Å²) in [6.45, 7) is 0.745. The van der Waals surface area contributed by atoms with Gasteiger partial charge in [0.05, 0.1) is 14.2 Å². The highest BCUT2D eigenvalue weighted by Gasteiger charge is 2.05. The van der Waals surface area contributed by atoms with Crippen LogP contribution in [0.15, 0.2) is 18.2 Å². The Kier molecular flexibility index (Phi) is 5.99. The number of ether oxygens (including phenoxy) is 2. The number of methoxy groups -OCH3 is 2. The maximum atomic E-state index is 11.4. The minimum absolute atomic E-state index is 0.147. The van der Waals surface area contributed by atoms with Crippen LogP contribution in [0.25, 0.3) is 0 Å². The van der Waals surface area contributed by atoms with E-state index in [1.165, 1.54) is 0 Å². The van der Waals surface area contributed by atoms with Crippen molar-refractivity contribution in [2.45, 2.75) is 12.8 Å². The van der Waals surface area contributed by atoms with Gasteiger partial charge in [0.2, 0.25) is 5.91 Å². The molecule has 1 rings (SSSR count). The molecule has 0 aromatic heterocycles. The molecule has 0 saturated carbocycles. The zero-order chi connectivity index (χ0) is 14.3. The third kappa shape index (κ3) is 4.69. The Morgan fingerprint density at radius 1 is 1.21 bits per heavy atom. The molecule has 0 aliphatic heterocycles. The smallest absolute Gasteiger partial charge is 0.222 e. The second kappa shape index (κ2) is 7.51. The summed E-state index contributed by atoms with van der Waals surface area (Å²) in [5.74, 6) is 1.54. The summed E-state index contributed by atoms with van der Waals surface area (Å²) in [5, 5.41) is 3.26. The van der Waals surface area contributed by atoms with E-state index in [-0.39, 0.29) is 5.91 Å². The molecule has 0 atom stereocenters. The molecule has 1 aromatic rings. The molecule has 5 nitrogen and oxygen atoms in total. The molecule has 106 valence electrons. The number of benzene rings is 1. The van der Waals surface area contributed by atoms with Crippen LogP contribution in [0.3, 0.4) is 0 Å². The maximum absolute atomic E-state index is 11.4. The van der Waals surface area contributed by atoms with Crippen molar-refractivity contribution in [2.75, 3.05) is 40.2 Å². The molecule has 0 bridgehead atoms. The number of hydrogen-bond donors (Lipinski definition) is 1. The van der Waals surface area contributed by atoms with Crippen LogP contribution in [0.1, 0.15) is 12.8 Å². The molecule has 0 radical (unpaired) electrons. The molecule has 0 heterocycles. The molecule has 0 saturated heterocycles. The Hall–Kier alpha value is -1.91. The fourth-order valence-electron chi connectivity index (χ4n) is 1.64. The molecule has 0 aliphatic carbocycles. The van der Waals surface area contributed by atoms with E-state index in [9.17, 15) is 4.79 Å². The highest BCUT2D eigenvalue weighted by atomic mass is 16.5. The van der Waals surface area contributed by atoms with Crippen molar-refractivity contribution in [2.24, 2.45) is 0 Å². The molecule has 5 heteroatoms. The third-order valence-electron chi connectivity index (χ3n) is 2.78. The predicted molar refractivity (Wildman–Crippen MR) is 76.0 cm³/mol. The standard InChI is InChI=1S/C14H22N2O3/c1-16(2)14(17)6-5-9-15-11-7-8-12(18-3)13(10-11)19-4/h7-8,10,15H,5-6,9H2,1-4H3. The van der Waals surface area contributed by atoms with Gasteiger partial charge in [-0.3, -0.25) is 4.79 Å². The van der Waals surface area contributed by atoms with E-state index in [0.717, 1.165) is 18.7 Å². The minimum Gasteiger partial charge on any atom is -0.493 e. The average Bonchev–Trinajstić information content (AvgIpc) is 2.42. The van der Waals surface area contributed by atoms with Gasteiger partial charge in [-0.2, -0.15) is 0 Å². The lowest BCUT2D eigenvalue weighted by Crippen LogP contribution is -2.22. The number of nitrogens with one attached hydrogen (secondary N) is 1. The number of nitrogens with zero attached hydrogens (tertiary/aromatic N) is 1. The van der Waals surface area contributed by atoms with E-state index in [1.807, 2.05) is 18.2 Å². The minimum atomic E-state index is 0.147. The van der Waals surface area contributed by atoms with Crippen molar-refractivity contribution in [3.63, 3.8) is 0 Å². The maximum Gasteiger partial charge on any atom is 0.222 e. The first-order valence-electron chi connectivity index (χ1n) is 6.24. The fraction of sp³-hybridized carbons (Fsp3) is 0.500. The molecule has 1 N–H and O–H groups in total. The van der Waals surface area contributed by atoms with Gasteiger partial charge in [-0.05, 0) is 18.6 Å². The van der Waals surface area contributed by atoms with Gasteiger partial charge in [0, 0.05) is 38.8 Å². The first-order chi connectivity index (χ1) is 9.08. The van der Waals surface area contributed by atoms with Crippen molar-refractivity contribution in [1.29, 1.82) is 0 Å². The number of rotatable bonds is 7. The molecule has 0 aliphatic rings. The largest absolute Gasteiger partial charge is 0.493 e. The number of carbonyl (C=O) groups is 1. The first kappa shape index (κ1) is 15.1. The van der Waals surface area contributed by atoms with Crippen molar-refractivity contribution in [3.8, 4) is 11.5 Å². The summed E-state index contributed by atoms with van der Waals surface area (Å²) in [7, 11) is 6.75. The molecule has 0 fully saturated rings. The molecule has 1 aromatic carbocycles. The van der Waals surface area contributed by atoms with Gasteiger partial charge in [-0.25, -0.2) is 0 Å². The molecule has 0 unspecified atom stereocenters. The highest BCUT2D eigenvalue weighted by molar-refractivity contribution is 5.75. The quantitative estimate of drug-likeness (QED) is 0.767. The predicted octanol–water partition coefficient (Wildman–Crippen LogP) is 1.98. The van der Waals surface area contributed by atoms with Gasteiger partial charge in [0.25, 0.3) is 0 Å². The Morgan fingerprint density at radius 2 is 1.89 bits per heavy atom. The lowest BCUT2D eigenvalue weighted by molar-refractivity contribution is -0.128. The van der Waals surface area contributed by atoms with Crippen LogP contribution >= 0.6 is 0 Å². The van der Waals surface area contributed by atoms with Crippen LogP contribution in [0, 0.1) is 0 Å². The van der Waals surface area contributed by atoms with Gasteiger partial charge < -0.3 is 19.7 Å². The Morgan fingerprint density at radius 3 is 2.47 bits per heavy atom. The monoisotopic (exact) mass is 266 g/mol. The Bertz CT molecular complexity index is 419. The second-order valence-corrected chi connectivity index (χ2v) is 4.39. The zero-order valence-corrected chi connectivity index (χ0v) is 12.0. The van der Waals surface area contributed by atoms with E-state index in [1.54, 1.807) is 33.2 Å². The van der Waals surface area contributed by atoms with E-state index in [4.69, 9.17) is 9.47 Å². The number of amides is 1. The van der Waals surface area contributed by atoms with Gasteiger partial charge in [-0.1, -0.05) is 0 Å². The summed E-state index contributed by atoms with van der Waals surface area (Å²) in [4.78, 5) is 13.0. The third-order valence-corrected chi connectivity index (χ3v) is 2.78. The van der Waals surface area contributed by atoms with Crippen LogP contribution in [0.4, 0.5) is 5.69 Å². The lowest BCUT2D eigenvalue weighted by Gasteiger charge is -2.12. The topological polar surface area (TPSA) is 50.8 Å². The summed E-state index contributed by atoms with van der Waals surface area (Å²) >= 11 is 0. The van der Waals surface area contributed by atoms with Crippen molar-refractivity contribution < 1.29 is 14.3 Å². The van der Waals surface area contributed by atoms with Crippen LogP contribution in [0.2, 0.25) is 0 Å². The molecular weight excluding hydrogens is 244 g/mol. The van der Waals surface area contributed by atoms with Crippen molar-refractivity contribution in [3.05, 3.63) is 18.2 Å². The van der Waals surface area contributed by atoms with E-state index in [0.29, 0.717) is 17.9 Å². The highest BCUT2D eigenvalue weighted by Crippen LogP contribution is 2.29. The van der Waals surface area contributed by atoms with E-state index >= 15 is 0 Å². The van der Waals surface area contributed by atoms with Crippen LogP contribution < -0.4 is 14.8 Å². The van der Waals surface area contributed by atoms with Gasteiger partial charge >= 0.3 is 0 Å². The normalized spacial score (nSPS) is 9.89. The Balaban J connectivity index is 2.43. The number of anilines is 1. The summed E-state index contributed by atoms with van der Waals surface area (Å²) in [6.07, 6.45) is 1.35. The van der Waals surface area contributed by atoms with Crippen LogP contribution in [-0.4, -0.2) is 45.7 Å². The first-order valence-corrected chi connectivity index (χ1v) is 6.24. The molecule has 19 heavy (non-hydrogen) atoms. The zero-order valence-electron chi connectivity index (χ0n) is 12.0. The summed E-state index contributed by atoms with van der Waals surface area (Å²) < 4.78 is 10.4. The number of hydrogen-bond acceptors (Lipinski definition) is 4. The summed E-state index contributed by atoms with van der Waals surface area (Å²) in [5.41, 5.74) is 0.954. The molecule has 1 amide bonds. The van der Waals surface area contributed by atoms with Gasteiger partial charge in [0.1, 0.15) is 0 Å². The second-order valence-electron chi connectivity index (χ2n) is 4.39. The summed E-state index contributed by atoms with van der Waals surface area (Å²) in [6, 6.07) is 5.66. The average molecular weight is 266 g/mol. The van der Waals surface area contributed by atoms with E-state index < -0.39 is 0 Å². The van der Waals surface area contributed by atoms with E-state index in [2.05, 4.69) is 5.32 Å². The van der Waals surface area contributed by atoms with Crippen LogP contribution in [-0.2, 0) is 4.79 Å². The SMILES string of the molecule is COc1ccc(NCCCC(=O)N(C)C)cc1OC. The molecule has 0 spiro atoms. The fourth-order valence-corrected chi connectivity index (χ4v) is 1.64. The molecular formula is C14H22N2O3. The lowest BCUT2D eigenvalue weighted by atomic mass is 10.2. The van der Waals surface area contributed by atoms with Crippen LogP contribution in [0.5, 0.6) is 11.5 Å². The van der Waals surface area contributed by atoms with Gasteiger partial charge in [-0.15, -0.1) is 0 Å². The van der Waals surface area contributed by atoms with Crippen molar-refractivity contribution >= 4 is 11.6 Å². The number of carbonyl (C=O) groups excluding carboxylic acids is 1. The van der Waals surface area contributed by atoms with Crippen molar-refractivity contribution in [1.82, 2.24) is 4.90 Å². The Labute approximate surface area is 114 Å². The van der Waals surface area contributed by atoms with Gasteiger partial charge in [0.15, 0.2) is 11.5 Å².